The molecule has 0 atom stereocenters. The van der Waals surface area contributed by atoms with Crippen LogP contribution < -0.4 is 9.73 Å². The van der Waals surface area contributed by atoms with Gasteiger partial charge in [0.05, 0.1) is 10.6 Å². The maximum atomic E-state index is 13.5. The van der Waals surface area contributed by atoms with Crippen LogP contribution in [-0.4, -0.2) is 26.6 Å². The molecule has 0 unspecified atom stereocenters. The Balaban J connectivity index is 1.46. The lowest BCUT2D eigenvalue weighted by atomic mass is 9.93. The Kier molecular flexibility index (Phi) is 5.77. The highest BCUT2D eigenvalue weighted by molar-refractivity contribution is 7.89. The van der Waals surface area contributed by atoms with E-state index in [1.807, 2.05) is 32.0 Å². The summed E-state index contributed by atoms with van der Waals surface area (Å²) in [6.45, 7) is 4.38. The summed E-state index contributed by atoms with van der Waals surface area (Å²) >= 11 is 0. The summed E-state index contributed by atoms with van der Waals surface area (Å²) in [5.74, 6) is 0.821. The number of benzene rings is 2. The van der Waals surface area contributed by atoms with Crippen LogP contribution in [0.2, 0.25) is 0 Å². The summed E-state index contributed by atoms with van der Waals surface area (Å²) in [4.78, 5) is 17.8. The number of fused-ring (bicyclic) bond motifs is 2. The molecule has 2 aromatic carbocycles. The monoisotopic (exact) mass is 477 g/mol. The Morgan fingerprint density at radius 3 is 2.56 bits per heavy atom. The highest BCUT2D eigenvalue weighted by Gasteiger charge is 2.32. The van der Waals surface area contributed by atoms with E-state index in [9.17, 15) is 13.2 Å². The normalized spacial score (nSPS) is 16.8. The zero-order valence-corrected chi connectivity index (χ0v) is 20.1. The van der Waals surface area contributed by atoms with Crippen molar-refractivity contribution < 1.29 is 17.6 Å². The molecule has 8 heteroatoms. The highest BCUT2D eigenvalue weighted by Crippen LogP contribution is 2.33. The average Bonchev–Trinajstić information content (AvgIpc) is 3.19. The molecule has 0 saturated heterocycles. The van der Waals surface area contributed by atoms with E-state index in [1.165, 1.54) is 0 Å². The molecule has 1 aliphatic carbocycles. The molecule has 2 heterocycles. The molecule has 5 rings (SSSR count). The van der Waals surface area contributed by atoms with Crippen molar-refractivity contribution in [2.24, 2.45) is 5.10 Å². The highest BCUT2D eigenvalue weighted by atomic mass is 32.2. The number of anilines is 1. The summed E-state index contributed by atoms with van der Waals surface area (Å²) in [7, 11) is -3.80. The third kappa shape index (κ3) is 4.03. The number of furan rings is 1. The molecule has 7 nitrogen and oxygen atoms in total. The van der Waals surface area contributed by atoms with Gasteiger partial charge in [-0.2, -0.15) is 18.4 Å². The van der Waals surface area contributed by atoms with Crippen molar-refractivity contribution >= 4 is 27.3 Å². The molecule has 34 heavy (non-hydrogen) atoms. The quantitative estimate of drug-likeness (QED) is 0.560. The lowest BCUT2D eigenvalue weighted by Gasteiger charge is -2.28. The number of aryl methyl sites for hydroxylation is 3. The van der Waals surface area contributed by atoms with Crippen molar-refractivity contribution in [1.29, 1.82) is 0 Å². The second kappa shape index (κ2) is 8.76. The van der Waals surface area contributed by atoms with Crippen LogP contribution in [0.4, 0.5) is 5.69 Å². The first-order valence-electron chi connectivity index (χ1n) is 11.5. The van der Waals surface area contributed by atoms with Crippen LogP contribution in [0.15, 0.2) is 62.9 Å². The minimum Gasteiger partial charge on any atom is -0.455 e. The van der Waals surface area contributed by atoms with Crippen molar-refractivity contribution in [2.75, 3.05) is 11.4 Å². The Morgan fingerprint density at radius 2 is 1.76 bits per heavy atom. The number of carbonyl (C=O) groups excluding carboxylic acids is 1. The van der Waals surface area contributed by atoms with Gasteiger partial charge in [0.1, 0.15) is 5.76 Å². The van der Waals surface area contributed by atoms with Crippen LogP contribution in [-0.2, 0) is 22.9 Å². The Labute approximate surface area is 199 Å². The van der Waals surface area contributed by atoms with Gasteiger partial charge in [-0.25, -0.2) is 0 Å². The van der Waals surface area contributed by atoms with Gasteiger partial charge in [-0.05, 0) is 63.3 Å². The third-order valence-electron chi connectivity index (χ3n) is 6.51. The Bertz CT molecular complexity index is 1390. The largest absolute Gasteiger partial charge is 0.455 e. The zero-order chi connectivity index (χ0) is 23.9. The fourth-order valence-corrected chi connectivity index (χ4v) is 5.57. The molecule has 0 saturated carbocycles. The van der Waals surface area contributed by atoms with Gasteiger partial charge in [0.2, 0.25) is 0 Å². The number of rotatable bonds is 4. The van der Waals surface area contributed by atoms with Crippen LogP contribution in [0, 0.1) is 13.8 Å². The predicted octanol–water partition coefficient (Wildman–Crippen LogP) is 4.51. The SMILES string of the molecule is Cc1ccc(S(=O)(=O)N/N=C2\CCCc3oc(C(=O)N4CCCc5ccccc54)c(C)c32)cc1. The number of carbonyl (C=O) groups is 1. The number of hydrogen-bond acceptors (Lipinski definition) is 5. The van der Waals surface area contributed by atoms with Gasteiger partial charge in [0.15, 0.2) is 5.76 Å². The number of nitrogens with one attached hydrogen (secondary N) is 1. The van der Waals surface area contributed by atoms with Gasteiger partial charge in [-0.15, -0.1) is 0 Å². The summed E-state index contributed by atoms with van der Waals surface area (Å²) in [6.07, 6.45) is 3.90. The Hall–Kier alpha value is -3.39. The van der Waals surface area contributed by atoms with Gasteiger partial charge >= 0.3 is 0 Å². The summed E-state index contributed by atoms with van der Waals surface area (Å²) in [5, 5.41) is 4.27. The van der Waals surface area contributed by atoms with Crippen LogP contribution in [0.1, 0.15) is 57.8 Å². The molecule has 176 valence electrons. The molecular formula is C26H27N3O4S. The summed E-state index contributed by atoms with van der Waals surface area (Å²) in [6, 6.07) is 14.6. The van der Waals surface area contributed by atoms with Gasteiger partial charge in [0, 0.05) is 29.8 Å². The molecule has 1 amide bonds. The van der Waals surface area contributed by atoms with E-state index in [4.69, 9.17) is 4.42 Å². The number of nitrogens with zero attached hydrogens (tertiary/aromatic N) is 2. The second-order valence-corrected chi connectivity index (χ2v) is 10.5. The molecule has 3 aromatic rings. The van der Waals surface area contributed by atoms with E-state index >= 15 is 0 Å². The first-order chi connectivity index (χ1) is 16.3. The van der Waals surface area contributed by atoms with Crippen molar-refractivity contribution in [2.45, 2.75) is 50.8 Å². The smallest absolute Gasteiger partial charge is 0.294 e. The van der Waals surface area contributed by atoms with Gasteiger partial charge in [-0.3, -0.25) is 4.79 Å². The van der Waals surface area contributed by atoms with Crippen molar-refractivity contribution in [1.82, 2.24) is 4.83 Å². The second-order valence-electron chi connectivity index (χ2n) is 8.86. The third-order valence-corrected chi connectivity index (χ3v) is 7.73. The van der Waals surface area contributed by atoms with Gasteiger partial charge in [0.25, 0.3) is 15.9 Å². The maximum Gasteiger partial charge on any atom is 0.294 e. The first-order valence-corrected chi connectivity index (χ1v) is 13.0. The van der Waals surface area contributed by atoms with E-state index in [0.717, 1.165) is 41.6 Å². The molecule has 0 fully saturated rings. The van der Waals surface area contributed by atoms with Crippen molar-refractivity contribution in [3.8, 4) is 0 Å². The van der Waals surface area contributed by atoms with E-state index in [2.05, 4.69) is 16.0 Å². The Morgan fingerprint density at radius 1 is 1.00 bits per heavy atom. The lowest BCUT2D eigenvalue weighted by molar-refractivity contribution is 0.0955. The molecule has 0 radical (unpaired) electrons. The number of sulfonamides is 1. The van der Waals surface area contributed by atoms with E-state index in [0.29, 0.717) is 42.2 Å². The topological polar surface area (TPSA) is 92.0 Å². The minimum atomic E-state index is -3.80. The number of para-hydroxylation sites is 1. The molecule has 0 bridgehead atoms. The molecular weight excluding hydrogens is 450 g/mol. The average molecular weight is 478 g/mol. The molecule has 0 spiro atoms. The molecule has 1 N–H and O–H groups in total. The van der Waals surface area contributed by atoms with E-state index in [-0.39, 0.29) is 10.8 Å². The summed E-state index contributed by atoms with van der Waals surface area (Å²) in [5.41, 5.74) is 5.10. The molecule has 1 aromatic heterocycles. The van der Waals surface area contributed by atoms with Crippen molar-refractivity contribution in [3.05, 3.63) is 82.3 Å². The van der Waals surface area contributed by atoms with Gasteiger partial charge < -0.3 is 9.32 Å². The fraction of sp³-hybridized carbons (Fsp3) is 0.308. The maximum absolute atomic E-state index is 13.5. The predicted molar refractivity (Wildman–Crippen MR) is 131 cm³/mol. The van der Waals surface area contributed by atoms with Crippen LogP contribution in [0.3, 0.4) is 0 Å². The number of amides is 1. The van der Waals surface area contributed by atoms with E-state index in [1.54, 1.807) is 29.2 Å². The summed E-state index contributed by atoms with van der Waals surface area (Å²) < 4.78 is 31.5. The number of hydrogen-bond donors (Lipinski definition) is 1. The lowest BCUT2D eigenvalue weighted by Crippen LogP contribution is -2.35. The van der Waals surface area contributed by atoms with Gasteiger partial charge in [-0.1, -0.05) is 35.9 Å². The zero-order valence-electron chi connectivity index (χ0n) is 19.3. The van der Waals surface area contributed by atoms with E-state index < -0.39 is 10.0 Å². The van der Waals surface area contributed by atoms with Crippen LogP contribution in [0.25, 0.3) is 0 Å². The van der Waals surface area contributed by atoms with Crippen molar-refractivity contribution in [3.63, 3.8) is 0 Å². The standard InChI is InChI=1S/C26H27N3O4S/c1-17-12-14-20(15-13-17)34(31,32)28-27-21-9-5-11-23-24(21)18(2)25(33-23)26(30)29-16-6-8-19-7-3-4-10-22(19)29/h3-4,7,10,12-15,28H,5-6,8-9,11,16H2,1-2H3/b27-21+. The fourth-order valence-electron chi connectivity index (χ4n) is 4.74. The van der Waals surface area contributed by atoms with Crippen LogP contribution >= 0.6 is 0 Å². The molecule has 1 aliphatic heterocycles. The molecule has 2 aliphatic rings. The van der Waals surface area contributed by atoms with Crippen LogP contribution in [0.5, 0.6) is 0 Å². The minimum absolute atomic E-state index is 0.155. The first kappa shape index (κ1) is 22.4. The number of hydrazone groups is 1.